The van der Waals surface area contributed by atoms with Crippen LogP contribution in [0.2, 0.25) is 0 Å². The van der Waals surface area contributed by atoms with Crippen LogP contribution in [-0.4, -0.2) is 0 Å². The van der Waals surface area contributed by atoms with Crippen LogP contribution in [0.5, 0.6) is 0 Å². The van der Waals surface area contributed by atoms with E-state index in [2.05, 4.69) is 0 Å². The van der Waals surface area contributed by atoms with Crippen molar-refractivity contribution in [3.8, 4) is 0 Å². The molecule has 2 heteroatoms. The number of hydrogen-bond acceptors (Lipinski definition) is 1. The fourth-order valence-electron chi connectivity index (χ4n) is 1.02. The van der Waals surface area contributed by atoms with E-state index in [0.29, 0.717) is 0 Å². The summed E-state index contributed by atoms with van der Waals surface area (Å²) in [7, 11) is 0. The first kappa shape index (κ1) is 5.47. The molecule has 10 heavy (non-hydrogen) atoms. The summed E-state index contributed by atoms with van der Waals surface area (Å²) in [6, 6.07) is 5.87. The highest BCUT2D eigenvalue weighted by Gasteiger charge is 2.04. The number of aryl methyl sites for hydroxylation is 1. The third kappa shape index (κ3) is 0.692. The molecule has 0 aliphatic rings. The molecule has 2 nitrogen and oxygen atoms in total. The maximum atomic E-state index is 5.33. The fraction of sp³-hybridized carbons (Fsp3) is 0.125. The molecule has 50 valence electrons. The largest absolute Gasteiger partial charge is 0.403 e. The van der Waals surface area contributed by atoms with Crippen LogP contribution in [0.4, 0.5) is 0 Å². The molecule has 0 spiro atoms. The van der Waals surface area contributed by atoms with E-state index in [9.17, 15) is 0 Å². The molecule has 0 saturated carbocycles. The molecular formula is C8H8NO+. The molecule has 0 radical (unpaired) electrons. The predicted octanol–water partition coefficient (Wildman–Crippen LogP) is 1.33. The summed E-state index contributed by atoms with van der Waals surface area (Å²) in [5, 5.41) is 0. The summed E-state index contributed by atoms with van der Waals surface area (Å²) >= 11 is 0. The molecule has 2 rings (SSSR count). The van der Waals surface area contributed by atoms with Gasteiger partial charge < -0.3 is 4.42 Å². The summed E-state index contributed by atoms with van der Waals surface area (Å²) in [6.07, 6.45) is 3.92. The van der Waals surface area contributed by atoms with Gasteiger partial charge in [0.15, 0.2) is 12.0 Å². The standard InChI is InChI=1S/C8H8NO/c1-7-6-9-5-3-2-4-8(9)10-7/h2-6H,1H3/q+1. The molecule has 0 atom stereocenters. The van der Waals surface area contributed by atoms with Gasteiger partial charge in [0.1, 0.15) is 0 Å². The number of pyridine rings is 1. The summed E-state index contributed by atoms with van der Waals surface area (Å²) in [5.41, 5.74) is 0.889. The molecule has 2 heterocycles. The van der Waals surface area contributed by atoms with Gasteiger partial charge in [0.25, 0.3) is 0 Å². The van der Waals surface area contributed by atoms with Crippen LogP contribution >= 0.6 is 0 Å². The number of hydrogen-bond donors (Lipinski definition) is 0. The second kappa shape index (κ2) is 1.84. The van der Waals surface area contributed by atoms with Crippen LogP contribution in [0, 0.1) is 6.92 Å². The predicted molar refractivity (Wildman–Crippen MR) is 36.6 cm³/mol. The minimum absolute atomic E-state index is 0.889. The van der Waals surface area contributed by atoms with E-state index in [0.717, 1.165) is 11.5 Å². The summed E-state index contributed by atoms with van der Waals surface area (Å²) in [6.45, 7) is 1.94. The Balaban J connectivity index is 2.88. The van der Waals surface area contributed by atoms with Crippen LogP contribution < -0.4 is 4.40 Å². The minimum Gasteiger partial charge on any atom is -0.403 e. The smallest absolute Gasteiger partial charge is 0.378 e. The van der Waals surface area contributed by atoms with Crippen molar-refractivity contribution in [2.24, 2.45) is 0 Å². The van der Waals surface area contributed by atoms with Crippen LogP contribution in [0.15, 0.2) is 35.0 Å². The molecule has 0 N–H and O–H groups in total. The van der Waals surface area contributed by atoms with Crippen LogP contribution in [0.3, 0.4) is 0 Å². The Labute approximate surface area is 58.7 Å². The number of oxazole rings is 1. The SMILES string of the molecule is Cc1c[n+]2ccccc2o1. The van der Waals surface area contributed by atoms with Gasteiger partial charge in [0.05, 0.1) is 6.07 Å². The van der Waals surface area contributed by atoms with Gasteiger partial charge in [-0.15, -0.1) is 4.40 Å². The Hall–Kier alpha value is -1.31. The van der Waals surface area contributed by atoms with Crippen molar-refractivity contribution in [1.29, 1.82) is 0 Å². The third-order valence-electron chi connectivity index (χ3n) is 1.44. The van der Waals surface area contributed by atoms with Gasteiger partial charge >= 0.3 is 5.71 Å². The highest BCUT2D eigenvalue weighted by molar-refractivity contribution is 5.23. The Morgan fingerprint density at radius 2 is 2.30 bits per heavy atom. The molecular weight excluding hydrogens is 126 g/mol. The average molecular weight is 134 g/mol. The van der Waals surface area contributed by atoms with Crippen molar-refractivity contribution in [1.82, 2.24) is 0 Å². The average Bonchev–Trinajstić information content (AvgIpc) is 2.27. The maximum Gasteiger partial charge on any atom is 0.378 e. The second-order valence-electron chi connectivity index (χ2n) is 2.29. The zero-order chi connectivity index (χ0) is 6.97. The molecule has 0 aliphatic carbocycles. The van der Waals surface area contributed by atoms with Crippen LogP contribution in [0.1, 0.15) is 5.76 Å². The normalized spacial score (nSPS) is 10.5. The number of fused-ring (bicyclic) bond motifs is 1. The van der Waals surface area contributed by atoms with Crippen molar-refractivity contribution >= 4 is 5.71 Å². The van der Waals surface area contributed by atoms with Crippen LogP contribution in [-0.2, 0) is 0 Å². The summed E-state index contributed by atoms with van der Waals surface area (Å²) in [5.74, 6) is 0.936. The highest BCUT2D eigenvalue weighted by Crippen LogP contribution is 1.99. The summed E-state index contributed by atoms with van der Waals surface area (Å²) in [4.78, 5) is 0. The Morgan fingerprint density at radius 3 is 3.10 bits per heavy atom. The van der Waals surface area contributed by atoms with Gasteiger partial charge in [0, 0.05) is 13.0 Å². The van der Waals surface area contributed by atoms with E-state index in [4.69, 9.17) is 4.42 Å². The van der Waals surface area contributed by atoms with Crippen LogP contribution in [0.25, 0.3) is 5.71 Å². The lowest BCUT2D eigenvalue weighted by molar-refractivity contribution is -0.513. The number of rotatable bonds is 0. The lowest BCUT2D eigenvalue weighted by Gasteiger charge is -1.74. The van der Waals surface area contributed by atoms with Crippen molar-refractivity contribution in [3.63, 3.8) is 0 Å². The van der Waals surface area contributed by atoms with Gasteiger partial charge in [-0.1, -0.05) is 0 Å². The fourth-order valence-corrected chi connectivity index (χ4v) is 1.02. The van der Waals surface area contributed by atoms with E-state index in [1.807, 2.05) is 41.9 Å². The van der Waals surface area contributed by atoms with Gasteiger partial charge in [-0.2, -0.15) is 0 Å². The van der Waals surface area contributed by atoms with Gasteiger partial charge in [-0.3, -0.25) is 0 Å². The number of nitrogens with zero attached hydrogens (tertiary/aromatic N) is 1. The van der Waals surface area contributed by atoms with Crippen molar-refractivity contribution in [2.75, 3.05) is 0 Å². The van der Waals surface area contributed by atoms with E-state index in [1.165, 1.54) is 0 Å². The zero-order valence-corrected chi connectivity index (χ0v) is 5.74. The first-order chi connectivity index (χ1) is 4.86. The molecule has 0 bridgehead atoms. The Bertz CT molecular complexity index is 318. The minimum atomic E-state index is 0.889. The van der Waals surface area contributed by atoms with Crippen molar-refractivity contribution < 1.29 is 8.82 Å². The molecule has 0 amide bonds. The molecule has 2 aromatic heterocycles. The van der Waals surface area contributed by atoms with E-state index >= 15 is 0 Å². The van der Waals surface area contributed by atoms with Gasteiger partial charge in [-0.25, -0.2) is 0 Å². The van der Waals surface area contributed by atoms with E-state index in [-0.39, 0.29) is 0 Å². The first-order valence-corrected chi connectivity index (χ1v) is 3.23. The summed E-state index contributed by atoms with van der Waals surface area (Å²) < 4.78 is 7.28. The highest BCUT2D eigenvalue weighted by atomic mass is 16.3. The van der Waals surface area contributed by atoms with Gasteiger partial charge in [-0.05, 0) is 6.07 Å². The topological polar surface area (TPSA) is 17.2 Å². The van der Waals surface area contributed by atoms with Crippen molar-refractivity contribution in [2.45, 2.75) is 6.92 Å². The molecule has 0 aliphatic heterocycles. The molecule has 2 aromatic rings. The molecule has 0 saturated heterocycles. The van der Waals surface area contributed by atoms with E-state index < -0.39 is 0 Å². The molecule has 0 aromatic carbocycles. The first-order valence-electron chi connectivity index (χ1n) is 3.23. The lowest BCUT2D eigenvalue weighted by Crippen LogP contribution is -2.15. The third-order valence-corrected chi connectivity index (χ3v) is 1.44. The Kier molecular flexibility index (Phi) is 1.01. The quantitative estimate of drug-likeness (QED) is 0.497. The molecule has 0 fully saturated rings. The monoisotopic (exact) mass is 134 g/mol. The lowest BCUT2D eigenvalue weighted by atomic mass is 10.5. The molecule has 0 unspecified atom stereocenters. The maximum absolute atomic E-state index is 5.33. The Morgan fingerprint density at radius 1 is 1.40 bits per heavy atom. The van der Waals surface area contributed by atoms with E-state index in [1.54, 1.807) is 0 Å². The zero-order valence-electron chi connectivity index (χ0n) is 5.74. The van der Waals surface area contributed by atoms with Gasteiger partial charge in [0.2, 0.25) is 6.20 Å². The van der Waals surface area contributed by atoms with Crippen molar-refractivity contribution in [3.05, 3.63) is 36.4 Å². The second-order valence-corrected chi connectivity index (χ2v) is 2.29. The number of aromatic nitrogens is 1.